The third kappa shape index (κ3) is 2.27. The van der Waals surface area contributed by atoms with Crippen LogP contribution in [0, 0.1) is 6.92 Å². The van der Waals surface area contributed by atoms with Gasteiger partial charge in [0, 0.05) is 6.92 Å². The molecule has 2 heterocycles. The molecule has 0 spiro atoms. The number of piperazine rings is 1. The van der Waals surface area contributed by atoms with Gasteiger partial charge in [-0.3, -0.25) is 9.59 Å². The standard InChI is InChI=1S/C10H14N4O3/c1-3-7-10(16)11-4-9(15)14(7)5-8-12-6(2)17-13-8/h7H,3-5H2,1-2H3,(H,11,16). The average molecular weight is 238 g/mol. The van der Waals surface area contributed by atoms with Gasteiger partial charge in [-0.25, -0.2) is 0 Å². The average Bonchev–Trinajstić information content (AvgIpc) is 2.70. The van der Waals surface area contributed by atoms with Crippen molar-refractivity contribution < 1.29 is 14.1 Å². The molecule has 2 rings (SSSR count). The van der Waals surface area contributed by atoms with Gasteiger partial charge in [0.1, 0.15) is 6.04 Å². The second-order valence-corrected chi connectivity index (χ2v) is 3.89. The predicted octanol–water partition coefficient (Wildman–Crippen LogP) is -0.385. The summed E-state index contributed by atoms with van der Waals surface area (Å²) in [5, 5.41) is 6.29. The van der Waals surface area contributed by atoms with Crippen molar-refractivity contribution in [3.8, 4) is 0 Å². The Kier molecular flexibility index (Phi) is 3.08. The minimum Gasteiger partial charge on any atom is -0.345 e. The lowest BCUT2D eigenvalue weighted by atomic mass is 10.1. The number of aryl methyl sites for hydroxylation is 1. The van der Waals surface area contributed by atoms with E-state index >= 15 is 0 Å². The molecule has 1 N–H and O–H groups in total. The molecule has 0 bridgehead atoms. The molecule has 17 heavy (non-hydrogen) atoms. The summed E-state index contributed by atoms with van der Waals surface area (Å²) in [5.41, 5.74) is 0. The molecule has 2 amide bonds. The van der Waals surface area contributed by atoms with Crippen molar-refractivity contribution in [2.24, 2.45) is 0 Å². The van der Waals surface area contributed by atoms with Gasteiger partial charge in [-0.2, -0.15) is 4.98 Å². The van der Waals surface area contributed by atoms with Crippen LogP contribution in [0.3, 0.4) is 0 Å². The Morgan fingerprint density at radius 1 is 1.53 bits per heavy atom. The second-order valence-electron chi connectivity index (χ2n) is 3.89. The molecule has 1 aliphatic rings. The number of hydrogen-bond donors (Lipinski definition) is 1. The van der Waals surface area contributed by atoms with E-state index in [1.807, 2.05) is 6.92 Å². The number of carbonyl (C=O) groups is 2. The number of nitrogens with zero attached hydrogens (tertiary/aromatic N) is 3. The highest BCUT2D eigenvalue weighted by Gasteiger charge is 2.33. The number of hydrogen-bond acceptors (Lipinski definition) is 5. The van der Waals surface area contributed by atoms with E-state index in [0.717, 1.165) is 0 Å². The van der Waals surface area contributed by atoms with E-state index in [0.29, 0.717) is 18.1 Å². The van der Waals surface area contributed by atoms with E-state index < -0.39 is 6.04 Å². The third-order valence-corrected chi connectivity index (χ3v) is 2.68. The molecule has 1 fully saturated rings. The van der Waals surface area contributed by atoms with Crippen LogP contribution >= 0.6 is 0 Å². The first-order chi connectivity index (χ1) is 8.11. The molecule has 0 aromatic carbocycles. The lowest BCUT2D eigenvalue weighted by molar-refractivity contribution is -0.146. The minimum atomic E-state index is -0.449. The van der Waals surface area contributed by atoms with Crippen LogP contribution in [0.15, 0.2) is 4.52 Å². The molecular formula is C10H14N4O3. The van der Waals surface area contributed by atoms with Crippen LogP contribution in [0.5, 0.6) is 0 Å². The molecule has 1 aromatic heterocycles. The fourth-order valence-corrected chi connectivity index (χ4v) is 1.86. The fourth-order valence-electron chi connectivity index (χ4n) is 1.86. The van der Waals surface area contributed by atoms with Crippen LogP contribution in [0.2, 0.25) is 0 Å². The molecule has 92 valence electrons. The number of aromatic nitrogens is 2. The lowest BCUT2D eigenvalue weighted by Crippen LogP contribution is -2.57. The maximum Gasteiger partial charge on any atom is 0.243 e. The zero-order valence-electron chi connectivity index (χ0n) is 9.77. The largest absolute Gasteiger partial charge is 0.345 e. The minimum absolute atomic E-state index is 0.0339. The van der Waals surface area contributed by atoms with Crippen LogP contribution in [0.1, 0.15) is 25.1 Å². The lowest BCUT2D eigenvalue weighted by Gasteiger charge is -2.33. The Balaban J connectivity index is 2.15. The van der Waals surface area contributed by atoms with Gasteiger partial charge in [-0.05, 0) is 6.42 Å². The summed E-state index contributed by atoms with van der Waals surface area (Å²) in [6.45, 7) is 3.78. The molecule has 7 nitrogen and oxygen atoms in total. The first-order valence-corrected chi connectivity index (χ1v) is 5.48. The zero-order valence-corrected chi connectivity index (χ0v) is 9.77. The summed E-state index contributed by atoms with van der Waals surface area (Å²) in [7, 11) is 0. The van der Waals surface area contributed by atoms with Crippen LogP contribution in [0.4, 0.5) is 0 Å². The summed E-state index contributed by atoms with van der Waals surface area (Å²) in [6.07, 6.45) is 0.564. The van der Waals surface area contributed by atoms with Gasteiger partial charge in [0.25, 0.3) is 0 Å². The summed E-state index contributed by atoms with van der Waals surface area (Å²) >= 11 is 0. The molecule has 1 atom stereocenters. The summed E-state index contributed by atoms with van der Waals surface area (Å²) in [5.74, 6) is 0.608. The Morgan fingerprint density at radius 2 is 2.29 bits per heavy atom. The molecular weight excluding hydrogens is 224 g/mol. The van der Waals surface area contributed by atoms with E-state index in [1.54, 1.807) is 6.92 Å². The predicted molar refractivity (Wildman–Crippen MR) is 56.7 cm³/mol. The van der Waals surface area contributed by atoms with Gasteiger partial charge < -0.3 is 14.7 Å². The Hall–Kier alpha value is -1.92. The molecule has 1 saturated heterocycles. The van der Waals surface area contributed by atoms with Crippen molar-refractivity contribution in [1.29, 1.82) is 0 Å². The molecule has 0 radical (unpaired) electrons. The number of amides is 2. The SMILES string of the molecule is CCC1C(=O)NCC(=O)N1Cc1noc(C)n1. The van der Waals surface area contributed by atoms with Gasteiger partial charge in [0.05, 0.1) is 13.1 Å². The molecule has 1 unspecified atom stereocenters. The van der Waals surface area contributed by atoms with Gasteiger partial charge in [0.15, 0.2) is 5.82 Å². The van der Waals surface area contributed by atoms with Crippen molar-refractivity contribution in [2.45, 2.75) is 32.9 Å². The number of rotatable bonds is 3. The zero-order chi connectivity index (χ0) is 12.4. The molecule has 7 heteroatoms. The van der Waals surface area contributed by atoms with Crippen molar-refractivity contribution in [3.05, 3.63) is 11.7 Å². The van der Waals surface area contributed by atoms with Crippen LogP contribution in [0.25, 0.3) is 0 Å². The summed E-state index contributed by atoms with van der Waals surface area (Å²) in [6, 6.07) is -0.449. The van der Waals surface area contributed by atoms with Crippen molar-refractivity contribution in [3.63, 3.8) is 0 Å². The smallest absolute Gasteiger partial charge is 0.243 e. The normalized spacial score (nSPS) is 20.6. The van der Waals surface area contributed by atoms with Gasteiger partial charge in [-0.1, -0.05) is 12.1 Å². The Bertz CT molecular complexity index is 443. The van der Waals surface area contributed by atoms with Gasteiger partial charge in [0.2, 0.25) is 17.7 Å². The summed E-state index contributed by atoms with van der Waals surface area (Å²) < 4.78 is 4.84. The highest BCUT2D eigenvalue weighted by molar-refractivity contribution is 5.94. The highest BCUT2D eigenvalue weighted by atomic mass is 16.5. The number of nitrogens with one attached hydrogen (secondary N) is 1. The van der Waals surface area contributed by atoms with E-state index in [-0.39, 0.29) is 24.9 Å². The van der Waals surface area contributed by atoms with Crippen molar-refractivity contribution in [2.75, 3.05) is 6.54 Å². The molecule has 1 aliphatic heterocycles. The fraction of sp³-hybridized carbons (Fsp3) is 0.600. The highest BCUT2D eigenvalue weighted by Crippen LogP contribution is 2.12. The van der Waals surface area contributed by atoms with E-state index in [9.17, 15) is 9.59 Å². The van der Waals surface area contributed by atoms with Crippen LogP contribution in [-0.4, -0.2) is 39.4 Å². The van der Waals surface area contributed by atoms with Crippen LogP contribution < -0.4 is 5.32 Å². The van der Waals surface area contributed by atoms with Crippen LogP contribution in [-0.2, 0) is 16.1 Å². The molecule has 0 aliphatic carbocycles. The third-order valence-electron chi connectivity index (χ3n) is 2.68. The summed E-state index contributed by atoms with van der Waals surface area (Å²) in [4.78, 5) is 28.9. The van der Waals surface area contributed by atoms with E-state index in [1.165, 1.54) is 4.90 Å². The first-order valence-electron chi connectivity index (χ1n) is 5.48. The Labute approximate surface area is 98.2 Å². The van der Waals surface area contributed by atoms with Gasteiger partial charge in [-0.15, -0.1) is 0 Å². The first kappa shape index (κ1) is 11.6. The topological polar surface area (TPSA) is 88.3 Å². The monoisotopic (exact) mass is 238 g/mol. The quantitative estimate of drug-likeness (QED) is 0.775. The number of carbonyl (C=O) groups excluding carboxylic acids is 2. The van der Waals surface area contributed by atoms with Gasteiger partial charge >= 0.3 is 0 Å². The maximum atomic E-state index is 11.7. The van der Waals surface area contributed by atoms with Crippen molar-refractivity contribution >= 4 is 11.8 Å². The van der Waals surface area contributed by atoms with E-state index in [2.05, 4.69) is 15.5 Å². The van der Waals surface area contributed by atoms with Crippen molar-refractivity contribution in [1.82, 2.24) is 20.4 Å². The second kappa shape index (κ2) is 4.52. The maximum absolute atomic E-state index is 11.7. The molecule has 0 saturated carbocycles. The van der Waals surface area contributed by atoms with E-state index in [4.69, 9.17) is 4.52 Å². The Morgan fingerprint density at radius 3 is 2.88 bits per heavy atom. The molecule has 1 aromatic rings.